The van der Waals surface area contributed by atoms with Crippen molar-refractivity contribution in [3.05, 3.63) is 163 Å². The normalized spacial score (nSPS) is 12.2. The summed E-state index contributed by atoms with van der Waals surface area (Å²) in [6.07, 6.45) is 0. The molecule has 0 fully saturated rings. The highest BCUT2D eigenvalue weighted by Crippen LogP contribution is 2.48. The Bertz CT molecular complexity index is 2960. The van der Waals surface area contributed by atoms with E-state index in [0.29, 0.717) is 0 Å². The molecule has 0 bridgehead atoms. The smallest absolute Gasteiger partial charge is 0.159 e. The van der Waals surface area contributed by atoms with Gasteiger partial charge in [-0.15, -0.1) is 0 Å². The lowest BCUT2D eigenvalue weighted by molar-refractivity contribution is 0.573. The fraction of sp³-hybridized carbons (Fsp3) is 0.0833. The summed E-state index contributed by atoms with van der Waals surface area (Å²) in [6.45, 7) is 6.73. The average molecular weight is 658 g/mol. The molecule has 0 aliphatic heterocycles. The summed E-state index contributed by atoms with van der Waals surface area (Å²) in [4.78, 5) is 2.36. The first-order valence-corrected chi connectivity index (χ1v) is 17.6. The van der Waals surface area contributed by atoms with Crippen LogP contribution in [0.1, 0.15) is 26.3 Å². The summed E-state index contributed by atoms with van der Waals surface area (Å²) in [5.74, 6) is 0. The second-order valence-corrected chi connectivity index (χ2v) is 14.6. The van der Waals surface area contributed by atoms with Gasteiger partial charge in [0.05, 0.1) is 11.4 Å². The van der Waals surface area contributed by atoms with Crippen molar-refractivity contribution < 1.29 is 8.83 Å². The molecule has 0 aliphatic rings. The predicted molar refractivity (Wildman–Crippen MR) is 215 cm³/mol. The number of fused-ring (bicyclic) bond motifs is 9. The quantitative estimate of drug-likeness (QED) is 0.189. The van der Waals surface area contributed by atoms with Crippen LogP contribution in [0.2, 0.25) is 0 Å². The van der Waals surface area contributed by atoms with Crippen molar-refractivity contribution in [1.29, 1.82) is 0 Å². The number of benzene rings is 8. The van der Waals surface area contributed by atoms with E-state index in [2.05, 4.69) is 183 Å². The standard InChI is InChI=1S/C48H35NO2/c1-48(2,3)40-24-12-22-37-38-23-13-25-41(47(38)51-46(37)40)49(34-19-11-18-31(26-34)30-14-5-4-6-15-30)42-29-44-45(36-21-10-9-20-35(36)42)39-27-32-16-7-8-17-33(32)28-43(39)50-44/h4-29H,1-3H3. The molecule has 0 saturated carbocycles. The molecule has 0 aliphatic carbocycles. The van der Waals surface area contributed by atoms with Crippen LogP contribution in [0.15, 0.2) is 167 Å². The van der Waals surface area contributed by atoms with Gasteiger partial charge < -0.3 is 13.7 Å². The zero-order valence-corrected chi connectivity index (χ0v) is 28.8. The van der Waals surface area contributed by atoms with E-state index >= 15 is 0 Å². The third kappa shape index (κ3) is 4.65. The number of rotatable bonds is 4. The minimum atomic E-state index is -0.0788. The maximum absolute atomic E-state index is 7.01. The number of anilines is 3. The van der Waals surface area contributed by atoms with Crippen LogP contribution < -0.4 is 4.90 Å². The molecule has 8 aromatic carbocycles. The van der Waals surface area contributed by atoms with Crippen LogP contribution in [0.25, 0.3) is 76.5 Å². The van der Waals surface area contributed by atoms with Crippen LogP contribution in [0, 0.1) is 0 Å². The Morgan fingerprint density at radius 1 is 0.431 bits per heavy atom. The highest BCUT2D eigenvalue weighted by atomic mass is 16.3. The van der Waals surface area contributed by atoms with Gasteiger partial charge in [0, 0.05) is 44.2 Å². The maximum Gasteiger partial charge on any atom is 0.159 e. The number of hydrogen-bond donors (Lipinski definition) is 0. The van der Waals surface area contributed by atoms with Crippen LogP contribution in [0.5, 0.6) is 0 Å². The molecule has 0 saturated heterocycles. The molecule has 3 heteroatoms. The Hall–Kier alpha value is -6.32. The summed E-state index contributed by atoms with van der Waals surface area (Å²) in [7, 11) is 0. The zero-order valence-electron chi connectivity index (χ0n) is 28.8. The fourth-order valence-electron chi connectivity index (χ4n) is 7.93. The summed E-state index contributed by atoms with van der Waals surface area (Å²) < 4.78 is 13.8. The van der Waals surface area contributed by atoms with E-state index in [1.165, 1.54) is 21.9 Å². The molecule has 244 valence electrons. The Labute approximate surface area is 296 Å². The first kappa shape index (κ1) is 29.6. The second-order valence-electron chi connectivity index (χ2n) is 14.6. The summed E-state index contributed by atoms with van der Waals surface area (Å²) in [5, 5.41) is 9.12. The van der Waals surface area contributed by atoms with E-state index in [1.54, 1.807) is 0 Å². The predicted octanol–water partition coefficient (Wildman–Crippen LogP) is 14.2. The molecule has 0 radical (unpaired) electrons. The first-order valence-electron chi connectivity index (χ1n) is 17.6. The van der Waals surface area contributed by atoms with Crippen molar-refractivity contribution in [2.24, 2.45) is 0 Å². The average Bonchev–Trinajstić information content (AvgIpc) is 3.72. The molecule has 2 aromatic heterocycles. The van der Waals surface area contributed by atoms with Gasteiger partial charge in [0.2, 0.25) is 0 Å². The van der Waals surface area contributed by atoms with E-state index in [9.17, 15) is 0 Å². The first-order chi connectivity index (χ1) is 24.9. The Morgan fingerprint density at radius 3 is 1.88 bits per heavy atom. The number of nitrogens with zero attached hydrogens (tertiary/aromatic N) is 1. The number of furan rings is 2. The lowest BCUT2D eigenvalue weighted by atomic mass is 9.86. The second kappa shape index (κ2) is 11.1. The van der Waals surface area contributed by atoms with E-state index in [1.807, 2.05) is 0 Å². The minimum Gasteiger partial charge on any atom is -0.456 e. The maximum atomic E-state index is 7.01. The zero-order chi connectivity index (χ0) is 34.3. The van der Waals surface area contributed by atoms with Gasteiger partial charge in [0.25, 0.3) is 0 Å². The van der Waals surface area contributed by atoms with Crippen molar-refractivity contribution >= 4 is 82.5 Å². The van der Waals surface area contributed by atoms with E-state index in [-0.39, 0.29) is 5.41 Å². The van der Waals surface area contributed by atoms with E-state index in [4.69, 9.17) is 8.83 Å². The minimum absolute atomic E-state index is 0.0788. The topological polar surface area (TPSA) is 29.5 Å². The molecule has 0 spiro atoms. The molecule has 51 heavy (non-hydrogen) atoms. The monoisotopic (exact) mass is 657 g/mol. The molecule has 10 rings (SSSR count). The van der Waals surface area contributed by atoms with Gasteiger partial charge in [-0.1, -0.05) is 142 Å². The van der Waals surface area contributed by atoms with Gasteiger partial charge in [-0.25, -0.2) is 0 Å². The molecule has 0 N–H and O–H groups in total. The van der Waals surface area contributed by atoms with Crippen molar-refractivity contribution in [3.63, 3.8) is 0 Å². The number of para-hydroxylation sites is 2. The van der Waals surface area contributed by atoms with Crippen molar-refractivity contribution in [2.75, 3.05) is 4.90 Å². The van der Waals surface area contributed by atoms with E-state index < -0.39 is 0 Å². The Morgan fingerprint density at radius 2 is 1.08 bits per heavy atom. The van der Waals surface area contributed by atoms with Crippen molar-refractivity contribution in [1.82, 2.24) is 0 Å². The largest absolute Gasteiger partial charge is 0.456 e. The summed E-state index contributed by atoms with van der Waals surface area (Å²) >= 11 is 0. The Balaban J connectivity index is 1.31. The molecule has 0 unspecified atom stereocenters. The lowest BCUT2D eigenvalue weighted by Gasteiger charge is -2.27. The van der Waals surface area contributed by atoms with Crippen molar-refractivity contribution in [2.45, 2.75) is 26.2 Å². The third-order valence-corrected chi connectivity index (χ3v) is 10.3. The van der Waals surface area contributed by atoms with E-state index in [0.717, 1.165) is 77.3 Å². The molecule has 3 nitrogen and oxygen atoms in total. The van der Waals surface area contributed by atoms with Crippen LogP contribution in [-0.2, 0) is 5.41 Å². The molecule has 0 atom stereocenters. The molecular formula is C48H35NO2. The molecule has 10 aromatic rings. The third-order valence-electron chi connectivity index (χ3n) is 10.3. The van der Waals surface area contributed by atoms with Gasteiger partial charge in [0.15, 0.2) is 5.58 Å². The SMILES string of the molecule is CC(C)(C)c1cccc2c1oc1c(N(c3cccc(-c4ccccc4)c3)c3cc4oc5cc6ccccc6cc5c4c4ccccc34)cccc12. The van der Waals surface area contributed by atoms with Crippen LogP contribution in [0.3, 0.4) is 0 Å². The Kier molecular flexibility index (Phi) is 6.44. The molecular weight excluding hydrogens is 623 g/mol. The van der Waals surface area contributed by atoms with Crippen molar-refractivity contribution in [3.8, 4) is 11.1 Å². The number of hydrogen-bond acceptors (Lipinski definition) is 3. The van der Waals surface area contributed by atoms with Gasteiger partial charge in [-0.2, -0.15) is 0 Å². The summed E-state index contributed by atoms with van der Waals surface area (Å²) in [5.41, 5.74) is 9.99. The van der Waals surface area contributed by atoms with Crippen LogP contribution in [-0.4, -0.2) is 0 Å². The molecule has 0 amide bonds. The van der Waals surface area contributed by atoms with Crippen LogP contribution >= 0.6 is 0 Å². The van der Waals surface area contributed by atoms with Crippen LogP contribution in [0.4, 0.5) is 17.1 Å². The van der Waals surface area contributed by atoms with Gasteiger partial charge in [0.1, 0.15) is 16.7 Å². The summed E-state index contributed by atoms with van der Waals surface area (Å²) in [6, 6.07) is 56.3. The van der Waals surface area contributed by atoms with Gasteiger partial charge in [-0.05, 0) is 63.0 Å². The molecule has 2 heterocycles. The van der Waals surface area contributed by atoms with Gasteiger partial charge in [-0.3, -0.25) is 0 Å². The highest BCUT2D eigenvalue weighted by molar-refractivity contribution is 6.24. The highest BCUT2D eigenvalue weighted by Gasteiger charge is 2.26. The van der Waals surface area contributed by atoms with Gasteiger partial charge >= 0.3 is 0 Å². The fourth-order valence-corrected chi connectivity index (χ4v) is 7.93. The lowest BCUT2D eigenvalue weighted by Crippen LogP contribution is -2.11.